The smallest absolute Gasteiger partial charge is 0.0967 e. The zero-order chi connectivity index (χ0) is 2.71. The fourth-order valence-corrected chi connectivity index (χ4v) is 0. The lowest BCUT2D eigenvalue weighted by Crippen LogP contribution is -1.24. The van der Waals surface area contributed by atoms with Crippen molar-refractivity contribution < 1.29 is 0 Å². The maximum atomic E-state index is 4.76. The quantitative estimate of drug-likeness (QED) is 0.404. The van der Waals surface area contributed by atoms with Crippen molar-refractivity contribution >= 4 is 23.2 Å². The second-order valence-electron chi connectivity index (χ2n) is 0.101. The summed E-state index contributed by atoms with van der Waals surface area (Å²) in [4.78, 5) is 0. The monoisotopic (exact) mass is 97.0 g/mol. The van der Waals surface area contributed by atoms with Crippen molar-refractivity contribution in [2.24, 2.45) is 0 Å². The molecule has 0 unspecified atom stereocenters. The fourth-order valence-electron chi connectivity index (χ4n) is 0. The van der Waals surface area contributed by atoms with E-state index in [1.54, 1.807) is 0 Å². The van der Waals surface area contributed by atoms with Crippen LogP contribution in [0.2, 0.25) is 0 Å². The molecule has 0 heterocycles. The highest BCUT2D eigenvalue weighted by molar-refractivity contribution is 6.40. The molecule has 0 aliphatic carbocycles. The molecule has 25 valence electrons. The standard InChI is InChI=1S/CH2Cl2.CH/c2-1-3;/h1H2;1H. The van der Waals surface area contributed by atoms with Gasteiger partial charge in [0, 0.05) is 0 Å². The molecule has 0 fully saturated rings. The summed E-state index contributed by atoms with van der Waals surface area (Å²) in [6, 6.07) is 0. The van der Waals surface area contributed by atoms with Gasteiger partial charge in [0.2, 0.25) is 0 Å². The third-order valence-corrected chi connectivity index (χ3v) is 0. The first-order valence-corrected chi connectivity index (χ1v) is 1.60. The van der Waals surface area contributed by atoms with Crippen LogP contribution in [0.15, 0.2) is 0 Å². The average molecular weight is 98.0 g/mol. The van der Waals surface area contributed by atoms with E-state index in [-0.39, 0.29) is 12.8 Å². The summed E-state index contributed by atoms with van der Waals surface area (Å²) in [5.74, 6) is 0. The molecule has 0 atom stereocenters. The van der Waals surface area contributed by atoms with Crippen molar-refractivity contribution in [1.29, 1.82) is 0 Å². The van der Waals surface area contributed by atoms with Crippen LogP contribution in [0.1, 0.15) is 0 Å². The number of hydrogen-bond donors (Lipinski definition) is 0. The van der Waals surface area contributed by atoms with Gasteiger partial charge in [0.15, 0.2) is 0 Å². The fraction of sp³-hybridized carbons (Fsp3) is 0.500. The van der Waals surface area contributed by atoms with Crippen LogP contribution in [0, 0.1) is 7.43 Å². The van der Waals surface area contributed by atoms with Gasteiger partial charge in [-0.2, -0.15) is 0 Å². The zero-order valence-electron chi connectivity index (χ0n) is 2.04. The van der Waals surface area contributed by atoms with Gasteiger partial charge < -0.3 is 0 Å². The predicted molar refractivity (Wildman–Crippen MR) is 20.9 cm³/mol. The summed E-state index contributed by atoms with van der Waals surface area (Å²) in [5, 5.41) is 0.194. The number of rotatable bonds is 0. The van der Waals surface area contributed by atoms with Crippen molar-refractivity contribution in [3.63, 3.8) is 0 Å². The molecule has 0 aliphatic heterocycles. The summed E-state index contributed by atoms with van der Waals surface area (Å²) in [6.07, 6.45) is 0. The minimum absolute atomic E-state index is 0. The van der Waals surface area contributed by atoms with Gasteiger partial charge in [0.1, 0.15) is 0 Å². The van der Waals surface area contributed by atoms with Gasteiger partial charge in [0.05, 0.1) is 5.34 Å². The molecule has 0 saturated heterocycles. The molecule has 0 aliphatic rings. The van der Waals surface area contributed by atoms with Crippen LogP contribution in [-0.2, 0) is 0 Å². The topological polar surface area (TPSA) is 0 Å². The number of hydrogen-bond acceptors (Lipinski definition) is 0. The molecule has 0 aromatic carbocycles. The first kappa shape index (κ1) is 8.82. The number of halogens is 2. The van der Waals surface area contributed by atoms with Crippen molar-refractivity contribution in [2.75, 3.05) is 5.34 Å². The van der Waals surface area contributed by atoms with Crippen LogP contribution in [-0.4, -0.2) is 5.34 Å². The van der Waals surface area contributed by atoms with Gasteiger partial charge in [-0.25, -0.2) is 0 Å². The Balaban J connectivity index is 0. The molecule has 0 bridgehead atoms. The van der Waals surface area contributed by atoms with E-state index in [2.05, 4.69) is 0 Å². The van der Waals surface area contributed by atoms with E-state index >= 15 is 0 Å². The van der Waals surface area contributed by atoms with Crippen molar-refractivity contribution in [1.82, 2.24) is 0 Å². The summed E-state index contributed by atoms with van der Waals surface area (Å²) in [5.41, 5.74) is 0. The summed E-state index contributed by atoms with van der Waals surface area (Å²) in [7, 11) is 0. The summed E-state index contributed by atoms with van der Waals surface area (Å²) < 4.78 is 0. The molecular weight excluding hydrogens is 94.9 g/mol. The maximum absolute atomic E-state index is 4.76. The lowest BCUT2D eigenvalue weighted by Gasteiger charge is -1.42. The van der Waals surface area contributed by atoms with Crippen LogP contribution in [0.5, 0.6) is 0 Å². The van der Waals surface area contributed by atoms with E-state index < -0.39 is 0 Å². The lowest BCUT2D eigenvalue weighted by atomic mass is 11.9. The zero-order valence-corrected chi connectivity index (χ0v) is 3.55. The Bertz CT molecular complexity index is 4.00. The third kappa shape index (κ3) is 19.1. The molecule has 0 spiro atoms. The van der Waals surface area contributed by atoms with Gasteiger partial charge >= 0.3 is 0 Å². The molecule has 0 amide bonds. The van der Waals surface area contributed by atoms with Crippen molar-refractivity contribution in [3.05, 3.63) is 7.43 Å². The Morgan fingerprint density at radius 2 is 1.25 bits per heavy atom. The Morgan fingerprint density at radius 1 is 1.25 bits per heavy atom. The molecule has 0 N–H and O–H groups in total. The van der Waals surface area contributed by atoms with E-state index in [1.165, 1.54) is 0 Å². The third-order valence-electron chi connectivity index (χ3n) is 0. The predicted octanol–water partition coefficient (Wildman–Crippen LogP) is 1.63. The van der Waals surface area contributed by atoms with Gasteiger partial charge in [0.25, 0.3) is 0 Å². The second-order valence-corrected chi connectivity index (χ2v) is 0.909. The van der Waals surface area contributed by atoms with Gasteiger partial charge in [-0.05, 0) is 7.43 Å². The largest absolute Gasteiger partial charge is 0.109 e. The van der Waals surface area contributed by atoms with Crippen LogP contribution < -0.4 is 0 Å². The molecule has 0 rings (SSSR count). The number of alkyl halides is 2. The molecule has 0 aromatic rings. The molecule has 0 aromatic heterocycles. The average Bonchev–Trinajstić information content (AvgIpc) is 0.918. The molecular formula is C2H3Cl2. The molecule has 2 heteroatoms. The molecule has 3 radical (unpaired) electrons. The van der Waals surface area contributed by atoms with E-state index in [4.69, 9.17) is 23.2 Å². The second kappa shape index (κ2) is 9.55. The first-order chi connectivity index (χ1) is 1.41. The van der Waals surface area contributed by atoms with Crippen molar-refractivity contribution in [2.45, 2.75) is 0 Å². The van der Waals surface area contributed by atoms with Crippen LogP contribution in [0.4, 0.5) is 0 Å². The van der Waals surface area contributed by atoms with E-state index in [0.29, 0.717) is 0 Å². The van der Waals surface area contributed by atoms with Gasteiger partial charge in [-0.1, -0.05) is 0 Å². The highest BCUT2D eigenvalue weighted by atomic mass is 35.5. The maximum Gasteiger partial charge on any atom is 0.0967 e. The Kier molecular flexibility index (Phi) is 21.0. The lowest BCUT2D eigenvalue weighted by molar-refractivity contribution is 2.20. The van der Waals surface area contributed by atoms with Gasteiger partial charge in [-0.3, -0.25) is 0 Å². The Morgan fingerprint density at radius 3 is 1.25 bits per heavy atom. The van der Waals surface area contributed by atoms with Crippen LogP contribution in [0.3, 0.4) is 0 Å². The summed E-state index contributed by atoms with van der Waals surface area (Å²) in [6.45, 7) is 0. The van der Waals surface area contributed by atoms with Crippen LogP contribution >= 0.6 is 23.2 Å². The molecule has 4 heavy (non-hydrogen) atoms. The van der Waals surface area contributed by atoms with E-state index in [9.17, 15) is 0 Å². The SMILES string of the molecule is ClCCl.[CH]. The van der Waals surface area contributed by atoms with Crippen LogP contribution in [0.25, 0.3) is 0 Å². The summed E-state index contributed by atoms with van der Waals surface area (Å²) >= 11 is 9.53. The minimum atomic E-state index is 0. The van der Waals surface area contributed by atoms with E-state index in [1.807, 2.05) is 0 Å². The Hall–Kier alpha value is 0.580. The molecule has 0 nitrogen and oxygen atoms in total. The van der Waals surface area contributed by atoms with Crippen molar-refractivity contribution in [3.8, 4) is 0 Å². The van der Waals surface area contributed by atoms with Gasteiger partial charge in [-0.15, -0.1) is 23.2 Å². The molecule has 0 saturated carbocycles. The van der Waals surface area contributed by atoms with E-state index in [0.717, 1.165) is 0 Å². The highest BCUT2D eigenvalue weighted by Gasteiger charge is 1.41. The first-order valence-electron chi connectivity index (χ1n) is 0.535. The highest BCUT2D eigenvalue weighted by Crippen LogP contribution is 1.73. The Labute approximate surface area is 36.7 Å². The minimum Gasteiger partial charge on any atom is -0.109 e. The normalized spacial score (nSPS) is 4.50.